The van der Waals surface area contributed by atoms with Crippen molar-refractivity contribution in [2.75, 3.05) is 37.4 Å². The summed E-state index contributed by atoms with van der Waals surface area (Å²) in [5.74, 6) is 3.64. The van der Waals surface area contributed by atoms with Gasteiger partial charge in [-0.1, -0.05) is 6.42 Å². The molecule has 0 amide bonds. The molecule has 0 spiro atoms. The van der Waals surface area contributed by atoms with E-state index in [4.69, 9.17) is 0 Å². The third-order valence-corrected chi connectivity index (χ3v) is 6.77. The number of guanidine groups is 1. The van der Waals surface area contributed by atoms with Gasteiger partial charge in [0, 0.05) is 31.9 Å². The van der Waals surface area contributed by atoms with Crippen molar-refractivity contribution in [3.63, 3.8) is 0 Å². The fourth-order valence-corrected chi connectivity index (χ4v) is 4.64. The molecule has 0 radical (unpaired) electrons. The molecule has 1 aliphatic carbocycles. The maximum absolute atomic E-state index is 11.9. The second kappa shape index (κ2) is 8.98. The number of hydrogen-bond acceptors (Lipinski definition) is 4. The minimum Gasteiger partial charge on any atom is -0.355 e. The van der Waals surface area contributed by atoms with Crippen LogP contribution in [0.2, 0.25) is 0 Å². The summed E-state index contributed by atoms with van der Waals surface area (Å²) in [5.41, 5.74) is 0. The average molecular weight is 349 g/mol. The molecule has 1 atom stereocenters. The molecule has 8 heteroatoms. The summed E-state index contributed by atoms with van der Waals surface area (Å²) in [6, 6.07) is 0.429. The van der Waals surface area contributed by atoms with Crippen LogP contribution in [0.1, 0.15) is 32.1 Å². The van der Waals surface area contributed by atoms with Crippen molar-refractivity contribution in [2.45, 2.75) is 38.1 Å². The van der Waals surface area contributed by atoms with Crippen molar-refractivity contribution in [2.24, 2.45) is 10.9 Å². The van der Waals surface area contributed by atoms with Crippen LogP contribution in [0, 0.1) is 5.92 Å². The Morgan fingerprint density at radius 2 is 2.09 bits per heavy atom. The van der Waals surface area contributed by atoms with E-state index in [-0.39, 0.29) is 5.75 Å². The minimum absolute atomic E-state index is 0.0832. The zero-order valence-corrected chi connectivity index (χ0v) is 14.9. The van der Waals surface area contributed by atoms with Gasteiger partial charge in [-0.3, -0.25) is 4.99 Å². The summed E-state index contributed by atoms with van der Waals surface area (Å²) >= 11 is 1.95. The summed E-state index contributed by atoms with van der Waals surface area (Å²) < 4.78 is 26.5. The Labute approximate surface area is 138 Å². The second-order valence-electron chi connectivity index (χ2n) is 6.02. The molecular formula is C14H28N4O2S2. The van der Waals surface area contributed by atoms with Crippen LogP contribution < -0.4 is 15.4 Å². The number of nitrogens with one attached hydrogen (secondary N) is 3. The standard InChI is InChI=1S/C14H28N4O2S2/c1-15-14(18-13-6-3-8-21-11-13)16-7-9-22(19,20)17-10-12-4-2-5-12/h12-13,17H,2-11H2,1H3,(H2,15,16,18). The van der Waals surface area contributed by atoms with Gasteiger partial charge in [0.25, 0.3) is 0 Å². The number of rotatable bonds is 7. The van der Waals surface area contributed by atoms with Crippen LogP contribution in [0.5, 0.6) is 0 Å². The molecule has 2 fully saturated rings. The van der Waals surface area contributed by atoms with Gasteiger partial charge in [-0.15, -0.1) is 0 Å². The number of hydrogen-bond donors (Lipinski definition) is 3. The SMILES string of the molecule is CN=C(NCCS(=O)(=O)NCC1CCC1)NC1CCCSC1. The third-order valence-electron chi connectivity index (χ3n) is 4.20. The van der Waals surface area contributed by atoms with Crippen molar-refractivity contribution >= 4 is 27.7 Å². The first-order chi connectivity index (χ1) is 10.6. The summed E-state index contributed by atoms with van der Waals surface area (Å²) in [6.07, 6.45) is 5.90. The van der Waals surface area contributed by atoms with Crippen LogP contribution >= 0.6 is 11.8 Å². The third kappa shape index (κ3) is 6.34. The van der Waals surface area contributed by atoms with Crippen LogP contribution in [0.15, 0.2) is 4.99 Å². The molecule has 1 unspecified atom stereocenters. The lowest BCUT2D eigenvalue weighted by Gasteiger charge is -2.25. The van der Waals surface area contributed by atoms with Crippen molar-refractivity contribution in [1.82, 2.24) is 15.4 Å². The molecule has 1 heterocycles. The quantitative estimate of drug-likeness (QED) is 0.467. The molecule has 128 valence electrons. The molecule has 1 aliphatic heterocycles. The topological polar surface area (TPSA) is 82.6 Å². The Hall–Kier alpha value is -0.470. The lowest BCUT2D eigenvalue weighted by Crippen LogP contribution is -2.47. The fourth-order valence-electron chi connectivity index (χ4n) is 2.56. The second-order valence-corrected chi connectivity index (χ2v) is 9.10. The van der Waals surface area contributed by atoms with Gasteiger partial charge in [-0.2, -0.15) is 11.8 Å². The summed E-state index contributed by atoms with van der Waals surface area (Å²) in [4.78, 5) is 4.17. The fraction of sp³-hybridized carbons (Fsp3) is 0.929. The number of nitrogens with zero attached hydrogens (tertiary/aromatic N) is 1. The molecule has 0 aromatic carbocycles. The van der Waals surface area contributed by atoms with E-state index >= 15 is 0 Å². The number of thioether (sulfide) groups is 1. The van der Waals surface area contributed by atoms with Gasteiger partial charge in [0.05, 0.1) is 5.75 Å². The molecular weight excluding hydrogens is 320 g/mol. The molecule has 3 N–H and O–H groups in total. The van der Waals surface area contributed by atoms with Crippen molar-refractivity contribution < 1.29 is 8.42 Å². The van der Waals surface area contributed by atoms with E-state index < -0.39 is 10.0 Å². The molecule has 22 heavy (non-hydrogen) atoms. The molecule has 0 aromatic heterocycles. The van der Waals surface area contributed by atoms with Gasteiger partial charge < -0.3 is 10.6 Å². The van der Waals surface area contributed by atoms with Gasteiger partial charge in [-0.25, -0.2) is 13.1 Å². The maximum atomic E-state index is 11.9. The summed E-state index contributed by atoms with van der Waals surface area (Å²) in [7, 11) is -1.47. The molecule has 1 saturated heterocycles. The largest absolute Gasteiger partial charge is 0.355 e. The van der Waals surface area contributed by atoms with Gasteiger partial charge >= 0.3 is 0 Å². The first kappa shape index (κ1) is 17.9. The Bertz CT molecular complexity index is 457. The monoisotopic (exact) mass is 348 g/mol. The predicted octanol–water partition coefficient (Wildman–Crippen LogP) is 0.767. The van der Waals surface area contributed by atoms with E-state index in [1.54, 1.807) is 7.05 Å². The molecule has 2 rings (SSSR count). The maximum Gasteiger partial charge on any atom is 0.213 e. The molecule has 0 bridgehead atoms. The van der Waals surface area contributed by atoms with Crippen molar-refractivity contribution in [3.8, 4) is 0 Å². The predicted molar refractivity (Wildman–Crippen MR) is 94.0 cm³/mol. The van der Waals surface area contributed by atoms with E-state index in [0.717, 1.165) is 25.0 Å². The molecule has 0 aromatic rings. The normalized spacial score (nSPS) is 23.9. The van der Waals surface area contributed by atoms with E-state index in [1.807, 2.05) is 11.8 Å². The molecule has 1 saturated carbocycles. The van der Waals surface area contributed by atoms with Crippen molar-refractivity contribution in [3.05, 3.63) is 0 Å². The van der Waals surface area contributed by atoms with E-state index in [0.29, 0.717) is 31.0 Å². The van der Waals surface area contributed by atoms with Crippen LogP contribution in [-0.2, 0) is 10.0 Å². The molecule has 6 nitrogen and oxygen atoms in total. The van der Waals surface area contributed by atoms with Crippen LogP contribution in [0.3, 0.4) is 0 Å². The highest BCUT2D eigenvalue weighted by atomic mass is 32.2. The van der Waals surface area contributed by atoms with E-state index in [1.165, 1.54) is 18.6 Å². The van der Waals surface area contributed by atoms with E-state index in [2.05, 4.69) is 20.3 Å². The van der Waals surface area contributed by atoms with Crippen LogP contribution in [0.4, 0.5) is 0 Å². The van der Waals surface area contributed by atoms with Crippen LogP contribution in [0.25, 0.3) is 0 Å². The number of sulfonamides is 1. The lowest BCUT2D eigenvalue weighted by molar-refractivity contribution is 0.316. The Morgan fingerprint density at radius 3 is 2.68 bits per heavy atom. The average Bonchev–Trinajstić information content (AvgIpc) is 2.45. The van der Waals surface area contributed by atoms with Crippen LogP contribution in [-0.4, -0.2) is 57.8 Å². The number of aliphatic imine (C=N–C) groups is 1. The van der Waals surface area contributed by atoms with Gasteiger partial charge in [-0.05, 0) is 37.4 Å². The Morgan fingerprint density at radius 1 is 1.27 bits per heavy atom. The van der Waals surface area contributed by atoms with Gasteiger partial charge in [0.2, 0.25) is 10.0 Å². The summed E-state index contributed by atoms with van der Waals surface area (Å²) in [6.45, 7) is 0.966. The highest BCUT2D eigenvalue weighted by Gasteiger charge is 2.20. The van der Waals surface area contributed by atoms with Gasteiger partial charge in [0.15, 0.2) is 5.96 Å². The van der Waals surface area contributed by atoms with Crippen molar-refractivity contribution in [1.29, 1.82) is 0 Å². The zero-order chi connectivity index (χ0) is 15.8. The smallest absolute Gasteiger partial charge is 0.213 e. The highest BCUT2D eigenvalue weighted by molar-refractivity contribution is 7.99. The first-order valence-electron chi connectivity index (χ1n) is 8.11. The van der Waals surface area contributed by atoms with Gasteiger partial charge in [0.1, 0.15) is 0 Å². The minimum atomic E-state index is -3.19. The Kier molecular flexibility index (Phi) is 7.30. The first-order valence-corrected chi connectivity index (χ1v) is 10.9. The summed E-state index contributed by atoms with van der Waals surface area (Å²) in [5, 5.41) is 6.46. The highest BCUT2D eigenvalue weighted by Crippen LogP contribution is 2.25. The molecule has 2 aliphatic rings. The zero-order valence-electron chi connectivity index (χ0n) is 13.3. The Balaban J connectivity index is 1.64. The lowest BCUT2D eigenvalue weighted by atomic mass is 9.86. The van der Waals surface area contributed by atoms with E-state index in [9.17, 15) is 8.42 Å².